The van der Waals surface area contributed by atoms with Gasteiger partial charge in [-0.2, -0.15) is 0 Å². The van der Waals surface area contributed by atoms with Gasteiger partial charge in [-0.1, -0.05) is 18.5 Å². The smallest absolute Gasteiger partial charge is 0.262 e. The van der Waals surface area contributed by atoms with Crippen molar-refractivity contribution < 1.29 is 4.79 Å². The molecule has 25 heavy (non-hydrogen) atoms. The van der Waals surface area contributed by atoms with Crippen molar-refractivity contribution in [2.45, 2.75) is 26.3 Å². The maximum absolute atomic E-state index is 12.7. The van der Waals surface area contributed by atoms with Crippen LogP contribution in [0.25, 0.3) is 10.2 Å². The predicted octanol–water partition coefficient (Wildman–Crippen LogP) is 3.26. The summed E-state index contributed by atoms with van der Waals surface area (Å²) in [6.45, 7) is 2.64. The van der Waals surface area contributed by atoms with Gasteiger partial charge in [0.05, 0.1) is 11.7 Å². The molecule has 1 amide bonds. The highest BCUT2D eigenvalue weighted by molar-refractivity contribution is 7.18. The summed E-state index contributed by atoms with van der Waals surface area (Å²) in [6, 6.07) is 7.41. The van der Waals surface area contributed by atoms with E-state index in [1.807, 2.05) is 25.1 Å². The second kappa shape index (κ2) is 6.28. The summed E-state index contributed by atoms with van der Waals surface area (Å²) in [5.74, 6) is -0.115. The Balaban J connectivity index is 1.63. The number of amides is 1. The minimum Gasteiger partial charge on any atom is -0.310 e. The lowest BCUT2D eigenvalue weighted by Gasteiger charge is -2.18. The van der Waals surface area contributed by atoms with E-state index < -0.39 is 0 Å². The van der Waals surface area contributed by atoms with Gasteiger partial charge in [-0.15, -0.1) is 11.3 Å². The van der Waals surface area contributed by atoms with Crippen molar-refractivity contribution in [3.05, 3.63) is 56.4 Å². The normalized spacial score (nSPS) is 13.4. The van der Waals surface area contributed by atoms with Crippen molar-refractivity contribution >= 4 is 44.7 Å². The molecule has 0 fully saturated rings. The van der Waals surface area contributed by atoms with Gasteiger partial charge in [-0.25, -0.2) is 4.98 Å². The molecule has 3 heterocycles. The number of rotatable bonds is 3. The van der Waals surface area contributed by atoms with Crippen LogP contribution in [0.1, 0.15) is 17.4 Å². The molecule has 1 aliphatic rings. The number of thiophene rings is 1. The van der Waals surface area contributed by atoms with Crippen molar-refractivity contribution in [1.29, 1.82) is 0 Å². The average Bonchev–Trinajstić information content (AvgIpc) is 3.21. The Morgan fingerprint density at radius 1 is 1.36 bits per heavy atom. The minimum atomic E-state index is -0.162. The number of carbonyl (C=O) groups is 1. The average molecular weight is 374 g/mol. The first kappa shape index (κ1) is 16.3. The summed E-state index contributed by atoms with van der Waals surface area (Å²) in [5, 5.41) is 1.26. The van der Waals surface area contributed by atoms with E-state index in [0.717, 1.165) is 33.8 Å². The Hall–Kier alpha value is -2.18. The summed E-state index contributed by atoms with van der Waals surface area (Å²) >= 11 is 7.54. The second-order valence-corrected chi connectivity index (χ2v) is 7.58. The predicted molar refractivity (Wildman–Crippen MR) is 101 cm³/mol. The van der Waals surface area contributed by atoms with E-state index in [1.165, 1.54) is 22.2 Å². The van der Waals surface area contributed by atoms with Crippen LogP contribution in [0, 0.1) is 0 Å². The van der Waals surface area contributed by atoms with E-state index in [-0.39, 0.29) is 18.0 Å². The number of nitrogens with zero attached hydrogens (tertiary/aromatic N) is 3. The number of halogens is 1. The highest BCUT2D eigenvalue weighted by atomic mass is 35.5. The van der Waals surface area contributed by atoms with Crippen molar-refractivity contribution in [1.82, 2.24) is 9.55 Å². The number of anilines is 1. The first-order valence-corrected chi connectivity index (χ1v) is 9.33. The van der Waals surface area contributed by atoms with E-state index in [9.17, 15) is 9.59 Å². The third-order valence-electron chi connectivity index (χ3n) is 4.46. The molecular formula is C18H16ClN3O2S. The van der Waals surface area contributed by atoms with Crippen LogP contribution in [0.15, 0.2) is 35.4 Å². The number of hydrogen-bond acceptors (Lipinski definition) is 4. The molecular weight excluding hydrogens is 358 g/mol. The second-order valence-electron chi connectivity index (χ2n) is 6.03. The van der Waals surface area contributed by atoms with E-state index in [1.54, 1.807) is 11.0 Å². The molecule has 128 valence electrons. The third kappa shape index (κ3) is 2.85. The van der Waals surface area contributed by atoms with Gasteiger partial charge in [0.15, 0.2) is 0 Å². The van der Waals surface area contributed by atoms with Crippen molar-refractivity contribution in [2.75, 3.05) is 11.4 Å². The fourth-order valence-corrected chi connectivity index (χ4v) is 4.28. The number of benzene rings is 1. The quantitative estimate of drug-likeness (QED) is 0.708. The van der Waals surface area contributed by atoms with E-state index >= 15 is 0 Å². The number of aromatic nitrogens is 2. The summed E-state index contributed by atoms with van der Waals surface area (Å²) < 4.78 is 1.39. The molecule has 0 spiro atoms. The lowest BCUT2D eigenvalue weighted by atomic mass is 10.2. The van der Waals surface area contributed by atoms with Gasteiger partial charge >= 0.3 is 0 Å². The molecule has 0 radical (unpaired) electrons. The summed E-state index contributed by atoms with van der Waals surface area (Å²) in [4.78, 5) is 33.3. The molecule has 5 nitrogen and oxygen atoms in total. The Bertz CT molecular complexity index is 1040. The molecule has 2 aromatic heterocycles. The van der Waals surface area contributed by atoms with E-state index in [0.29, 0.717) is 17.0 Å². The van der Waals surface area contributed by atoms with Gasteiger partial charge in [0.1, 0.15) is 11.4 Å². The first-order chi connectivity index (χ1) is 12.1. The Morgan fingerprint density at radius 3 is 3.00 bits per heavy atom. The zero-order chi connectivity index (χ0) is 17.6. The molecule has 0 N–H and O–H groups in total. The van der Waals surface area contributed by atoms with Crippen LogP contribution in [0.5, 0.6) is 0 Å². The fraction of sp³-hybridized carbons (Fsp3) is 0.278. The SMILES string of the molecule is CCc1cc2c(=O)n(CC(=O)N3CCc4cc(Cl)ccc43)cnc2s1. The molecule has 0 unspecified atom stereocenters. The van der Waals surface area contributed by atoms with Gasteiger partial charge in [0, 0.05) is 22.1 Å². The van der Waals surface area contributed by atoms with Crippen molar-refractivity contribution in [3.8, 4) is 0 Å². The standard InChI is InChI=1S/C18H16ClN3O2S/c1-2-13-8-14-17(25-13)20-10-21(18(14)24)9-16(23)22-6-5-11-7-12(19)3-4-15(11)22/h3-4,7-8,10H,2,5-6,9H2,1H3. The molecule has 7 heteroatoms. The number of carbonyl (C=O) groups excluding carboxylic acids is 1. The molecule has 0 saturated carbocycles. The molecule has 0 bridgehead atoms. The lowest BCUT2D eigenvalue weighted by Crippen LogP contribution is -2.35. The summed E-state index contributed by atoms with van der Waals surface area (Å²) in [7, 11) is 0. The highest BCUT2D eigenvalue weighted by Gasteiger charge is 2.25. The number of aryl methyl sites for hydroxylation is 1. The topological polar surface area (TPSA) is 55.2 Å². The van der Waals surface area contributed by atoms with Crippen LogP contribution in [0.4, 0.5) is 5.69 Å². The Kier molecular flexibility index (Phi) is 4.09. The van der Waals surface area contributed by atoms with Crippen LogP contribution < -0.4 is 10.5 Å². The Morgan fingerprint density at radius 2 is 2.20 bits per heavy atom. The van der Waals surface area contributed by atoms with Crippen LogP contribution in [0.2, 0.25) is 5.02 Å². The van der Waals surface area contributed by atoms with Gasteiger partial charge in [0.2, 0.25) is 5.91 Å². The van der Waals surface area contributed by atoms with E-state index in [2.05, 4.69) is 4.98 Å². The first-order valence-electron chi connectivity index (χ1n) is 8.13. The zero-order valence-corrected chi connectivity index (χ0v) is 15.2. The maximum Gasteiger partial charge on any atom is 0.262 e. The lowest BCUT2D eigenvalue weighted by molar-refractivity contribution is -0.119. The molecule has 4 rings (SSSR count). The fourth-order valence-electron chi connectivity index (χ4n) is 3.16. The Labute approximate surface area is 153 Å². The number of hydrogen-bond donors (Lipinski definition) is 0. The largest absolute Gasteiger partial charge is 0.310 e. The van der Waals surface area contributed by atoms with Gasteiger partial charge in [-0.3, -0.25) is 14.2 Å². The molecule has 0 atom stereocenters. The highest BCUT2D eigenvalue weighted by Crippen LogP contribution is 2.30. The van der Waals surface area contributed by atoms with Gasteiger partial charge < -0.3 is 4.90 Å². The maximum atomic E-state index is 12.7. The monoisotopic (exact) mass is 373 g/mol. The van der Waals surface area contributed by atoms with Crippen molar-refractivity contribution in [2.24, 2.45) is 0 Å². The van der Waals surface area contributed by atoms with Crippen LogP contribution in [0.3, 0.4) is 0 Å². The van der Waals surface area contributed by atoms with E-state index in [4.69, 9.17) is 11.6 Å². The van der Waals surface area contributed by atoms with Crippen LogP contribution >= 0.6 is 22.9 Å². The molecule has 0 aliphatic carbocycles. The van der Waals surface area contributed by atoms with Gasteiger partial charge in [-0.05, 0) is 42.7 Å². The van der Waals surface area contributed by atoms with Crippen LogP contribution in [-0.4, -0.2) is 22.0 Å². The minimum absolute atomic E-state index is 0.0128. The summed E-state index contributed by atoms with van der Waals surface area (Å²) in [5.41, 5.74) is 1.78. The van der Waals surface area contributed by atoms with Crippen LogP contribution in [-0.2, 0) is 24.2 Å². The van der Waals surface area contributed by atoms with Gasteiger partial charge in [0.25, 0.3) is 5.56 Å². The number of fused-ring (bicyclic) bond motifs is 2. The summed E-state index contributed by atoms with van der Waals surface area (Å²) in [6.07, 6.45) is 3.11. The zero-order valence-electron chi connectivity index (χ0n) is 13.7. The molecule has 1 aliphatic heterocycles. The third-order valence-corrected chi connectivity index (χ3v) is 5.88. The molecule has 1 aromatic carbocycles. The molecule has 3 aromatic rings. The molecule has 0 saturated heterocycles. The van der Waals surface area contributed by atoms with Crippen molar-refractivity contribution in [3.63, 3.8) is 0 Å².